The molecule has 0 aromatic heterocycles. The lowest BCUT2D eigenvalue weighted by molar-refractivity contribution is -0.120. The number of Topliss-reactive ketones (excluding diaryl/α,β-unsaturated/α-hetero) is 2. The van der Waals surface area contributed by atoms with Crippen LogP contribution >= 0.6 is 7.82 Å². The van der Waals surface area contributed by atoms with E-state index in [-0.39, 0.29) is 77.7 Å². The number of ketones is 2. The van der Waals surface area contributed by atoms with E-state index in [1.165, 1.54) is 30.3 Å². The minimum atomic E-state index is -4.02. The molecule has 2 aromatic rings. The molecule has 3 N–H and O–H groups in total. The molecule has 0 amide bonds. The largest absolute Gasteiger partial charge is 0.508 e. The Labute approximate surface area is 305 Å². The molecule has 16 heteroatoms. The van der Waals surface area contributed by atoms with Crippen LogP contribution in [0.5, 0.6) is 5.75 Å². The fraction of sp³-hybridized carbons (Fsp3) is 0.405. The van der Waals surface area contributed by atoms with E-state index >= 15 is 0 Å². The fourth-order valence-corrected chi connectivity index (χ4v) is 5.78. The zero-order chi connectivity index (χ0) is 38.2. The van der Waals surface area contributed by atoms with Gasteiger partial charge < -0.3 is 38.5 Å². The lowest BCUT2D eigenvalue weighted by Crippen LogP contribution is -2.13. The molecule has 0 spiro atoms. The molecule has 1 unspecified atom stereocenters. The number of phenols is 1. The maximum Gasteiger partial charge on any atom is 0.471 e. The van der Waals surface area contributed by atoms with Crippen LogP contribution < -0.4 is 5.43 Å². The molecule has 0 saturated carbocycles. The maximum atomic E-state index is 13.0. The Hall–Kier alpha value is -4.31. The summed E-state index contributed by atoms with van der Waals surface area (Å²) in [5, 5.41) is 20.7. The minimum Gasteiger partial charge on any atom is -0.508 e. The molecular weight excluding hydrogens is 715 g/mol. The van der Waals surface area contributed by atoms with Gasteiger partial charge >= 0.3 is 13.8 Å². The number of hydrogen-bond donors (Lipinski definition) is 3. The van der Waals surface area contributed by atoms with Gasteiger partial charge in [-0.2, -0.15) is 0 Å². The van der Waals surface area contributed by atoms with Gasteiger partial charge in [-0.25, -0.2) is 9.36 Å². The molecule has 15 nitrogen and oxygen atoms in total. The van der Waals surface area contributed by atoms with Gasteiger partial charge in [-0.1, -0.05) is 12.1 Å². The van der Waals surface area contributed by atoms with Crippen LogP contribution in [-0.4, -0.2) is 99.2 Å². The Balaban J connectivity index is 1.11. The van der Waals surface area contributed by atoms with Crippen LogP contribution in [0.25, 0.3) is 33.4 Å². The molecule has 2 aliphatic rings. The number of ether oxygens (including phenoxy) is 4. The molecule has 1 atom stereocenters. The highest BCUT2D eigenvalue weighted by Gasteiger charge is 2.23. The number of phosphoric ester groups is 1. The van der Waals surface area contributed by atoms with Crippen molar-refractivity contribution in [3.63, 3.8) is 0 Å². The number of rotatable bonds is 25. The predicted molar refractivity (Wildman–Crippen MR) is 192 cm³/mol. The Kier molecular flexibility index (Phi) is 16.3. The number of aromatic hydroxyl groups is 1. The van der Waals surface area contributed by atoms with Crippen LogP contribution in [0.15, 0.2) is 63.8 Å². The van der Waals surface area contributed by atoms with Gasteiger partial charge in [-0.15, -0.1) is 0 Å². The molecule has 0 radical (unpaired) electrons. The van der Waals surface area contributed by atoms with Crippen molar-refractivity contribution in [2.75, 3.05) is 66.6 Å². The van der Waals surface area contributed by atoms with Crippen molar-refractivity contribution < 1.29 is 66.5 Å². The normalized spacial score (nSPS) is 12.6. The second-order valence-corrected chi connectivity index (χ2v) is 13.3. The average Bonchev–Trinajstić information content (AvgIpc) is 3.13. The maximum absolute atomic E-state index is 13.0. The van der Waals surface area contributed by atoms with Crippen molar-refractivity contribution >= 4 is 36.3 Å². The monoisotopic (exact) mass is 758 g/mol. The number of carboxylic acid groups (broad SMARTS) is 1. The Morgan fingerprint density at radius 3 is 2.06 bits per heavy atom. The summed E-state index contributed by atoms with van der Waals surface area (Å²) in [6.07, 6.45) is 1.30. The Morgan fingerprint density at radius 1 is 0.736 bits per heavy atom. The van der Waals surface area contributed by atoms with Gasteiger partial charge in [0.25, 0.3) is 0 Å². The van der Waals surface area contributed by atoms with E-state index in [1.807, 2.05) is 0 Å². The Bertz CT molecular complexity index is 1920. The quantitative estimate of drug-likeness (QED) is 0.0329. The lowest BCUT2D eigenvalue weighted by Gasteiger charge is -2.17. The molecule has 1 heterocycles. The molecule has 286 valence electrons. The molecule has 1 aliphatic carbocycles. The van der Waals surface area contributed by atoms with Gasteiger partial charge in [0.2, 0.25) is 0 Å². The van der Waals surface area contributed by atoms with E-state index < -0.39 is 13.8 Å². The number of carbonyl (C=O) groups excluding carboxylic acids is 2. The number of fused-ring (bicyclic) bond motifs is 2. The average molecular weight is 759 g/mol. The third-order valence-electron chi connectivity index (χ3n) is 7.94. The van der Waals surface area contributed by atoms with E-state index in [1.54, 1.807) is 24.3 Å². The first-order valence-corrected chi connectivity index (χ1v) is 18.4. The van der Waals surface area contributed by atoms with E-state index in [4.69, 9.17) is 28.3 Å². The smallest absolute Gasteiger partial charge is 0.471 e. The van der Waals surface area contributed by atoms with Gasteiger partial charge in [-0.05, 0) is 48.7 Å². The Morgan fingerprint density at radius 2 is 1.38 bits per heavy atom. The zero-order valence-electron chi connectivity index (χ0n) is 29.3. The van der Waals surface area contributed by atoms with Crippen molar-refractivity contribution in [3.8, 4) is 28.2 Å². The van der Waals surface area contributed by atoms with Crippen molar-refractivity contribution in [1.82, 2.24) is 0 Å². The number of phenolic OH excluding ortho intramolecular Hbond substituents is 1. The van der Waals surface area contributed by atoms with Crippen molar-refractivity contribution in [2.45, 2.75) is 32.1 Å². The van der Waals surface area contributed by atoms with Gasteiger partial charge in [0, 0.05) is 67.2 Å². The number of benzene rings is 3. The second-order valence-electron chi connectivity index (χ2n) is 11.7. The molecule has 0 saturated heterocycles. The summed E-state index contributed by atoms with van der Waals surface area (Å²) in [4.78, 5) is 58.4. The van der Waals surface area contributed by atoms with Crippen LogP contribution in [0.1, 0.15) is 52.8 Å². The first kappa shape index (κ1) is 41.4. The topological polar surface area (TPSA) is 215 Å². The van der Waals surface area contributed by atoms with Gasteiger partial charge in [0.15, 0.2) is 11.2 Å². The van der Waals surface area contributed by atoms with Crippen LogP contribution in [0.3, 0.4) is 0 Å². The van der Waals surface area contributed by atoms with Gasteiger partial charge in [-0.3, -0.25) is 23.4 Å². The minimum absolute atomic E-state index is 0.0442. The number of hydrogen-bond acceptors (Lipinski definition) is 13. The first-order valence-electron chi connectivity index (χ1n) is 17.0. The van der Waals surface area contributed by atoms with Crippen LogP contribution in [0.2, 0.25) is 0 Å². The highest BCUT2D eigenvalue weighted by atomic mass is 31.2. The number of phosphoric acid groups is 1. The van der Waals surface area contributed by atoms with Crippen molar-refractivity contribution in [3.05, 3.63) is 75.9 Å². The number of carbonyl (C=O) groups is 3. The summed E-state index contributed by atoms with van der Waals surface area (Å²) in [6, 6.07) is 13.2. The molecule has 2 aromatic carbocycles. The summed E-state index contributed by atoms with van der Waals surface area (Å²) in [5.41, 5.74) is 1.46. The predicted octanol–water partition coefficient (Wildman–Crippen LogP) is 5.50. The summed E-state index contributed by atoms with van der Waals surface area (Å²) in [5.74, 6) is -1.34. The fourth-order valence-electron chi connectivity index (χ4n) is 5.32. The van der Waals surface area contributed by atoms with Crippen LogP contribution in [-0.2, 0) is 37.4 Å². The van der Waals surface area contributed by atoms with Crippen molar-refractivity contribution in [1.29, 1.82) is 0 Å². The zero-order valence-corrected chi connectivity index (χ0v) is 30.2. The first-order chi connectivity index (χ1) is 25.5. The highest BCUT2D eigenvalue weighted by molar-refractivity contribution is 7.47. The third kappa shape index (κ3) is 12.9. The summed E-state index contributed by atoms with van der Waals surface area (Å²) < 4.78 is 47.8. The lowest BCUT2D eigenvalue weighted by atomic mass is 9.89. The van der Waals surface area contributed by atoms with E-state index in [0.29, 0.717) is 81.2 Å². The molecule has 4 rings (SSSR count). The number of carboxylic acids is 1. The molecule has 0 bridgehead atoms. The van der Waals surface area contributed by atoms with E-state index in [2.05, 4.69) is 9.05 Å². The standard InChI is InChI=1S/C37H43O15P/c1-46-53(44,45)51-14-2-4-26(38)12-15-48-17-19-50-21-20-49-18-16-47-13-3-5-33(41)25-6-9-29(32(22-25)37(42)43)36-30-10-7-27(39)23-34(30)52-35-24-28(40)8-11-31(35)36/h6-11,22-24,39H,2-5,12-21H2,1H3,(H,42,43)(H,44,45). The van der Waals surface area contributed by atoms with Crippen molar-refractivity contribution in [2.24, 2.45) is 0 Å². The van der Waals surface area contributed by atoms with Crippen LogP contribution in [0, 0.1) is 0 Å². The van der Waals surface area contributed by atoms with E-state index in [9.17, 15) is 34.0 Å². The van der Waals surface area contributed by atoms with Gasteiger partial charge in [0.1, 0.15) is 22.9 Å². The summed E-state index contributed by atoms with van der Waals surface area (Å²) in [7, 11) is -2.95. The van der Waals surface area contributed by atoms with Gasteiger partial charge in [0.05, 0.1) is 58.4 Å². The third-order valence-corrected chi connectivity index (χ3v) is 8.91. The summed E-state index contributed by atoms with van der Waals surface area (Å²) in [6.45, 7) is 2.49. The SMILES string of the molecule is COP(=O)(O)OCCCC(=O)CCOCCOCCOCCOCCCC(=O)c1ccc(-c2c3ccc(=O)cc-3oc3cc(O)ccc23)c(C(=O)O)c1. The van der Waals surface area contributed by atoms with Crippen LogP contribution in [0.4, 0.5) is 0 Å². The molecular formula is C37H43O15P. The molecule has 53 heavy (non-hydrogen) atoms. The molecule has 1 aliphatic heterocycles. The second kappa shape index (κ2) is 20.8. The highest BCUT2D eigenvalue weighted by Crippen LogP contribution is 2.43. The van der Waals surface area contributed by atoms with E-state index in [0.717, 1.165) is 7.11 Å². The number of aromatic carboxylic acids is 1. The molecule has 0 fully saturated rings. The summed E-state index contributed by atoms with van der Waals surface area (Å²) >= 11 is 0.